The Morgan fingerprint density at radius 3 is 2.76 bits per heavy atom. The van der Waals surface area contributed by atoms with Gasteiger partial charge >= 0.3 is 5.97 Å². The van der Waals surface area contributed by atoms with Crippen molar-refractivity contribution in [2.45, 2.75) is 26.2 Å². The van der Waals surface area contributed by atoms with Crippen LogP contribution in [0.4, 0.5) is 10.7 Å². The zero-order valence-corrected chi connectivity index (χ0v) is 16.0. The second-order valence-corrected chi connectivity index (χ2v) is 7.35. The van der Waals surface area contributed by atoms with E-state index in [0.717, 1.165) is 41.1 Å². The van der Waals surface area contributed by atoms with E-state index in [1.807, 2.05) is 25.1 Å². The smallest absolute Gasteiger partial charge is 0.341 e. The molecule has 0 radical (unpaired) electrons. The number of esters is 1. The van der Waals surface area contributed by atoms with Gasteiger partial charge in [-0.15, -0.1) is 11.3 Å². The average molecular weight is 377 g/mol. The number of fused-ring (bicyclic) bond motifs is 1. The highest BCUT2D eigenvalue weighted by molar-refractivity contribution is 7.80. The lowest BCUT2D eigenvalue weighted by Gasteiger charge is -2.14. The Labute approximate surface area is 156 Å². The number of hydrogen-bond donors (Lipinski definition) is 2. The SMILES string of the molecule is COC(=O)c1c(NC(=S)Nc2cc(C)ccc2OC)sc2c1CCC2. The van der Waals surface area contributed by atoms with Gasteiger partial charge in [0.2, 0.25) is 0 Å². The van der Waals surface area contributed by atoms with E-state index in [1.165, 1.54) is 12.0 Å². The Kier molecular flexibility index (Phi) is 5.24. The van der Waals surface area contributed by atoms with Gasteiger partial charge in [-0.05, 0) is 61.7 Å². The monoisotopic (exact) mass is 376 g/mol. The molecular weight excluding hydrogens is 356 g/mol. The summed E-state index contributed by atoms with van der Waals surface area (Å²) in [5.41, 5.74) is 3.58. The minimum Gasteiger partial charge on any atom is -0.495 e. The largest absolute Gasteiger partial charge is 0.495 e. The molecule has 0 saturated carbocycles. The molecule has 0 amide bonds. The Hall–Kier alpha value is -2.12. The molecule has 1 heterocycles. The highest BCUT2D eigenvalue weighted by Gasteiger charge is 2.27. The molecule has 1 aromatic carbocycles. The Balaban J connectivity index is 1.82. The summed E-state index contributed by atoms with van der Waals surface area (Å²) in [7, 11) is 3.02. The number of nitrogens with one attached hydrogen (secondary N) is 2. The van der Waals surface area contributed by atoms with Gasteiger partial charge in [0.25, 0.3) is 0 Å². The topological polar surface area (TPSA) is 59.6 Å². The van der Waals surface area contributed by atoms with Gasteiger partial charge in [-0.25, -0.2) is 4.79 Å². The van der Waals surface area contributed by atoms with Crippen LogP contribution in [-0.4, -0.2) is 25.3 Å². The summed E-state index contributed by atoms with van der Waals surface area (Å²) < 4.78 is 10.3. The molecule has 25 heavy (non-hydrogen) atoms. The highest BCUT2D eigenvalue weighted by Crippen LogP contribution is 2.39. The number of rotatable bonds is 4. The number of methoxy groups -OCH3 is 2. The van der Waals surface area contributed by atoms with Crippen molar-refractivity contribution in [3.8, 4) is 5.75 Å². The second-order valence-electron chi connectivity index (χ2n) is 5.84. The summed E-state index contributed by atoms with van der Waals surface area (Å²) in [5, 5.41) is 7.45. The molecule has 7 heteroatoms. The molecule has 0 bridgehead atoms. The Bertz CT molecular complexity index is 830. The molecule has 0 fully saturated rings. The molecule has 0 aliphatic heterocycles. The maximum atomic E-state index is 12.2. The molecule has 0 saturated heterocycles. The summed E-state index contributed by atoms with van der Waals surface area (Å²) in [6, 6.07) is 5.82. The van der Waals surface area contributed by atoms with Gasteiger partial charge in [0, 0.05) is 4.88 Å². The Morgan fingerprint density at radius 1 is 1.24 bits per heavy atom. The number of ether oxygens (including phenoxy) is 2. The quantitative estimate of drug-likeness (QED) is 0.617. The number of carbonyl (C=O) groups is 1. The van der Waals surface area contributed by atoms with E-state index in [2.05, 4.69) is 10.6 Å². The first-order valence-corrected chi connectivity index (χ1v) is 9.21. The van der Waals surface area contributed by atoms with Crippen molar-refractivity contribution >= 4 is 45.3 Å². The fourth-order valence-electron chi connectivity index (χ4n) is 2.99. The minimum atomic E-state index is -0.321. The van der Waals surface area contributed by atoms with E-state index in [9.17, 15) is 4.79 Å². The molecule has 3 rings (SSSR count). The number of hydrogen-bond acceptors (Lipinski definition) is 5. The van der Waals surface area contributed by atoms with Gasteiger partial charge in [0.15, 0.2) is 5.11 Å². The van der Waals surface area contributed by atoms with E-state index in [1.54, 1.807) is 18.4 Å². The lowest BCUT2D eigenvalue weighted by atomic mass is 10.1. The van der Waals surface area contributed by atoms with Crippen LogP contribution < -0.4 is 15.4 Å². The van der Waals surface area contributed by atoms with E-state index in [-0.39, 0.29) is 5.97 Å². The van der Waals surface area contributed by atoms with Crippen LogP contribution in [0.5, 0.6) is 5.75 Å². The third-order valence-electron chi connectivity index (χ3n) is 4.14. The minimum absolute atomic E-state index is 0.321. The first-order valence-electron chi connectivity index (χ1n) is 7.99. The van der Waals surface area contributed by atoms with Crippen LogP contribution in [0.3, 0.4) is 0 Å². The molecule has 0 spiro atoms. The lowest BCUT2D eigenvalue weighted by molar-refractivity contribution is 0.0601. The fourth-order valence-corrected chi connectivity index (χ4v) is 4.54. The normalized spacial score (nSPS) is 12.4. The Morgan fingerprint density at radius 2 is 2.04 bits per heavy atom. The van der Waals surface area contributed by atoms with Crippen LogP contribution in [0.25, 0.3) is 0 Å². The van der Waals surface area contributed by atoms with Gasteiger partial charge in [-0.2, -0.15) is 0 Å². The maximum Gasteiger partial charge on any atom is 0.341 e. The van der Waals surface area contributed by atoms with Crippen molar-refractivity contribution in [2.24, 2.45) is 0 Å². The third-order valence-corrected chi connectivity index (χ3v) is 5.55. The number of thiophene rings is 1. The van der Waals surface area contributed by atoms with E-state index < -0.39 is 0 Å². The second kappa shape index (κ2) is 7.41. The predicted octanol–water partition coefficient (Wildman–Crippen LogP) is 4.15. The summed E-state index contributed by atoms with van der Waals surface area (Å²) in [6.45, 7) is 2.00. The van der Waals surface area contributed by atoms with Crippen LogP contribution in [0, 0.1) is 6.92 Å². The summed E-state index contributed by atoms with van der Waals surface area (Å²) >= 11 is 7.01. The van der Waals surface area contributed by atoms with E-state index in [4.69, 9.17) is 21.7 Å². The molecule has 0 atom stereocenters. The fraction of sp³-hybridized carbons (Fsp3) is 0.333. The molecular formula is C18H20N2O3S2. The number of aryl methyl sites for hydroxylation is 2. The van der Waals surface area contributed by atoms with Crippen LogP contribution >= 0.6 is 23.6 Å². The lowest BCUT2D eigenvalue weighted by Crippen LogP contribution is -2.20. The zero-order chi connectivity index (χ0) is 18.0. The van der Waals surface area contributed by atoms with Crippen LogP contribution in [0.15, 0.2) is 18.2 Å². The van der Waals surface area contributed by atoms with Crippen molar-refractivity contribution in [3.05, 3.63) is 39.8 Å². The first-order chi connectivity index (χ1) is 12.0. The van der Waals surface area contributed by atoms with Crippen molar-refractivity contribution in [1.29, 1.82) is 0 Å². The molecule has 2 N–H and O–H groups in total. The first kappa shape index (κ1) is 17.7. The van der Waals surface area contributed by atoms with Gasteiger partial charge in [-0.1, -0.05) is 6.07 Å². The van der Waals surface area contributed by atoms with Gasteiger partial charge in [0.05, 0.1) is 25.5 Å². The van der Waals surface area contributed by atoms with Crippen LogP contribution in [-0.2, 0) is 17.6 Å². The van der Waals surface area contributed by atoms with Crippen LogP contribution in [0.1, 0.15) is 32.8 Å². The molecule has 132 valence electrons. The number of carbonyl (C=O) groups excluding carboxylic acids is 1. The van der Waals surface area contributed by atoms with Gasteiger partial charge in [-0.3, -0.25) is 0 Å². The van der Waals surface area contributed by atoms with Crippen molar-refractivity contribution in [1.82, 2.24) is 0 Å². The van der Waals surface area contributed by atoms with Crippen molar-refractivity contribution < 1.29 is 14.3 Å². The number of thiocarbonyl (C=S) groups is 1. The van der Waals surface area contributed by atoms with E-state index in [0.29, 0.717) is 16.4 Å². The number of benzene rings is 1. The molecule has 1 aliphatic carbocycles. The van der Waals surface area contributed by atoms with Crippen LogP contribution in [0.2, 0.25) is 0 Å². The van der Waals surface area contributed by atoms with Gasteiger partial charge < -0.3 is 20.1 Å². The summed E-state index contributed by atoms with van der Waals surface area (Å²) in [6.07, 6.45) is 2.98. The average Bonchev–Trinajstić information content (AvgIpc) is 3.15. The van der Waals surface area contributed by atoms with Gasteiger partial charge in [0.1, 0.15) is 10.8 Å². The standard InChI is InChI=1S/C18H20N2O3S2/c1-10-7-8-13(22-2)12(9-10)19-18(24)20-16-15(17(21)23-3)11-5-4-6-14(11)25-16/h7-9H,4-6H2,1-3H3,(H2,19,20,24). The molecule has 1 aromatic heterocycles. The zero-order valence-electron chi connectivity index (χ0n) is 14.4. The summed E-state index contributed by atoms with van der Waals surface area (Å²) in [5.74, 6) is 0.384. The van der Waals surface area contributed by atoms with Crippen molar-refractivity contribution in [3.63, 3.8) is 0 Å². The maximum absolute atomic E-state index is 12.2. The summed E-state index contributed by atoms with van der Waals surface area (Å²) in [4.78, 5) is 13.4. The molecule has 1 aliphatic rings. The number of anilines is 2. The van der Waals surface area contributed by atoms with Crippen molar-refractivity contribution in [2.75, 3.05) is 24.9 Å². The third kappa shape index (κ3) is 3.62. The molecule has 2 aromatic rings. The highest BCUT2D eigenvalue weighted by atomic mass is 32.1. The predicted molar refractivity (Wildman–Crippen MR) is 105 cm³/mol. The molecule has 5 nitrogen and oxygen atoms in total. The van der Waals surface area contributed by atoms with E-state index >= 15 is 0 Å². The molecule has 0 unspecified atom stereocenters.